The van der Waals surface area contributed by atoms with Crippen LogP contribution < -0.4 is 14.9 Å². The Kier molecular flexibility index (Phi) is 4.99. The van der Waals surface area contributed by atoms with Crippen LogP contribution in [0.15, 0.2) is 44.5 Å². The summed E-state index contributed by atoms with van der Waals surface area (Å²) in [5, 5.41) is 3.87. The number of amides is 1. The molecular formula is C14H13BrN2O4. The second kappa shape index (κ2) is 6.94. The topological polar surface area (TPSA) is 73.1 Å². The van der Waals surface area contributed by atoms with Crippen molar-refractivity contribution < 1.29 is 18.7 Å². The van der Waals surface area contributed by atoms with E-state index >= 15 is 0 Å². The number of nitrogens with one attached hydrogen (secondary N) is 1. The molecule has 0 fully saturated rings. The van der Waals surface area contributed by atoms with Crippen LogP contribution in [0.5, 0.6) is 11.5 Å². The Morgan fingerprint density at radius 2 is 2.10 bits per heavy atom. The standard InChI is InChI=1S/C14H13BrN2O4/c1-19-10-4-3-9(12(7-10)20-2)8-16-17-14(18)11-5-6-13(15)21-11/h3-8H,1-2H3,(H,17,18)/b16-8+. The van der Waals surface area contributed by atoms with Gasteiger partial charge in [-0.05, 0) is 40.2 Å². The Bertz CT molecular complexity index is 667. The molecule has 2 rings (SSSR count). The highest BCUT2D eigenvalue weighted by molar-refractivity contribution is 9.10. The zero-order chi connectivity index (χ0) is 15.2. The number of hydrogen-bond acceptors (Lipinski definition) is 5. The molecule has 1 aromatic heterocycles. The molecule has 110 valence electrons. The molecular weight excluding hydrogens is 340 g/mol. The molecule has 0 unspecified atom stereocenters. The SMILES string of the molecule is COc1ccc(/C=N/NC(=O)c2ccc(Br)o2)c(OC)c1. The molecule has 1 N–H and O–H groups in total. The molecule has 7 heteroatoms. The zero-order valence-corrected chi connectivity index (χ0v) is 13.0. The number of halogens is 1. The van der Waals surface area contributed by atoms with Crippen LogP contribution in [0.3, 0.4) is 0 Å². The van der Waals surface area contributed by atoms with Gasteiger partial charge in [-0.15, -0.1) is 0 Å². The van der Waals surface area contributed by atoms with E-state index in [-0.39, 0.29) is 5.76 Å². The van der Waals surface area contributed by atoms with Crippen LogP contribution >= 0.6 is 15.9 Å². The molecule has 21 heavy (non-hydrogen) atoms. The van der Waals surface area contributed by atoms with E-state index in [1.807, 2.05) is 0 Å². The maximum Gasteiger partial charge on any atom is 0.307 e. The van der Waals surface area contributed by atoms with Crippen LogP contribution in [0.25, 0.3) is 0 Å². The highest BCUT2D eigenvalue weighted by Gasteiger charge is 2.09. The highest BCUT2D eigenvalue weighted by Crippen LogP contribution is 2.23. The molecule has 0 spiro atoms. The number of methoxy groups -OCH3 is 2. The summed E-state index contributed by atoms with van der Waals surface area (Å²) in [7, 11) is 3.12. The van der Waals surface area contributed by atoms with Crippen molar-refractivity contribution in [3.8, 4) is 11.5 Å². The third kappa shape index (κ3) is 3.85. The zero-order valence-electron chi connectivity index (χ0n) is 11.4. The van der Waals surface area contributed by atoms with Gasteiger partial charge >= 0.3 is 5.91 Å². The van der Waals surface area contributed by atoms with Crippen LogP contribution in [0.2, 0.25) is 0 Å². The summed E-state index contributed by atoms with van der Waals surface area (Å²) in [6, 6.07) is 8.45. The normalized spacial score (nSPS) is 10.6. The van der Waals surface area contributed by atoms with E-state index in [2.05, 4.69) is 26.5 Å². The fourth-order valence-electron chi connectivity index (χ4n) is 1.58. The number of furan rings is 1. The van der Waals surface area contributed by atoms with Gasteiger partial charge in [0.2, 0.25) is 0 Å². The van der Waals surface area contributed by atoms with Crippen LogP contribution in [0.1, 0.15) is 16.1 Å². The van der Waals surface area contributed by atoms with Crippen molar-refractivity contribution in [3.63, 3.8) is 0 Å². The molecule has 1 amide bonds. The van der Waals surface area contributed by atoms with Gasteiger partial charge < -0.3 is 13.9 Å². The number of benzene rings is 1. The number of hydrogen-bond donors (Lipinski definition) is 1. The maximum atomic E-state index is 11.7. The lowest BCUT2D eigenvalue weighted by atomic mass is 10.2. The number of ether oxygens (including phenoxy) is 2. The van der Waals surface area contributed by atoms with Crippen molar-refractivity contribution in [3.05, 3.63) is 46.3 Å². The number of carbonyl (C=O) groups is 1. The summed E-state index contributed by atoms with van der Waals surface area (Å²) >= 11 is 3.12. The van der Waals surface area contributed by atoms with Gasteiger partial charge in [0, 0.05) is 11.6 Å². The molecule has 6 nitrogen and oxygen atoms in total. The third-order valence-corrected chi connectivity index (χ3v) is 3.03. The van der Waals surface area contributed by atoms with Crippen LogP contribution in [0, 0.1) is 0 Å². The number of hydrazone groups is 1. The number of rotatable bonds is 5. The van der Waals surface area contributed by atoms with Crippen molar-refractivity contribution in [2.75, 3.05) is 14.2 Å². The van der Waals surface area contributed by atoms with Gasteiger partial charge in [-0.3, -0.25) is 4.79 Å². The fourth-order valence-corrected chi connectivity index (χ4v) is 1.88. The van der Waals surface area contributed by atoms with Crippen molar-refractivity contribution >= 4 is 28.1 Å². The average molecular weight is 353 g/mol. The first-order valence-corrected chi connectivity index (χ1v) is 6.74. The van der Waals surface area contributed by atoms with E-state index in [1.54, 1.807) is 44.6 Å². The van der Waals surface area contributed by atoms with Crippen LogP contribution in [-0.2, 0) is 0 Å². The minimum Gasteiger partial charge on any atom is -0.497 e. The predicted octanol–water partition coefficient (Wildman–Crippen LogP) is 2.82. The second-order valence-electron chi connectivity index (χ2n) is 3.91. The van der Waals surface area contributed by atoms with Crippen molar-refractivity contribution in [2.24, 2.45) is 5.10 Å². The lowest BCUT2D eigenvalue weighted by Gasteiger charge is -2.06. The average Bonchev–Trinajstić information content (AvgIpc) is 2.94. The van der Waals surface area contributed by atoms with Gasteiger partial charge in [-0.2, -0.15) is 5.10 Å². The molecule has 0 aliphatic heterocycles. The molecule has 0 saturated heterocycles. The first-order valence-electron chi connectivity index (χ1n) is 5.95. The monoisotopic (exact) mass is 352 g/mol. The Hall–Kier alpha value is -2.28. The summed E-state index contributed by atoms with van der Waals surface area (Å²) in [4.78, 5) is 11.7. The summed E-state index contributed by atoms with van der Waals surface area (Å²) in [6.07, 6.45) is 1.48. The minimum absolute atomic E-state index is 0.167. The number of nitrogens with zero attached hydrogens (tertiary/aromatic N) is 1. The Morgan fingerprint density at radius 3 is 2.71 bits per heavy atom. The van der Waals surface area contributed by atoms with Crippen molar-refractivity contribution in [2.45, 2.75) is 0 Å². The van der Waals surface area contributed by atoms with Gasteiger partial charge in [0.25, 0.3) is 0 Å². The minimum atomic E-state index is -0.440. The summed E-state index contributed by atoms with van der Waals surface area (Å²) < 4.78 is 15.9. The van der Waals surface area contributed by atoms with Crippen molar-refractivity contribution in [1.82, 2.24) is 5.43 Å². The predicted molar refractivity (Wildman–Crippen MR) is 81.0 cm³/mol. The molecule has 0 bridgehead atoms. The molecule has 0 aliphatic rings. The lowest BCUT2D eigenvalue weighted by molar-refractivity contribution is 0.0926. The Morgan fingerprint density at radius 1 is 1.29 bits per heavy atom. The first kappa shape index (κ1) is 15.1. The van der Waals surface area contributed by atoms with Gasteiger partial charge in [0.15, 0.2) is 10.4 Å². The first-order chi connectivity index (χ1) is 10.1. The van der Waals surface area contributed by atoms with E-state index in [0.29, 0.717) is 21.7 Å². The molecule has 0 radical (unpaired) electrons. The van der Waals surface area contributed by atoms with E-state index in [0.717, 1.165) is 0 Å². The maximum absolute atomic E-state index is 11.7. The highest BCUT2D eigenvalue weighted by atomic mass is 79.9. The smallest absolute Gasteiger partial charge is 0.307 e. The third-order valence-electron chi connectivity index (χ3n) is 2.61. The van der Waals surface area contributed by atoms with Crippen LogP contribution in [0.4, 0.5) is 0 Å². The molecule has 0 saturated carbocycles. The van der Waals surface area contributed by atoms with Gasteiger partial charge in [0.1, 0.15) is 11.5 Å². The Balaban J connectivity index is 2.06. The number of carbonyl (C=O) groups excluding carboxylic acids is 1. The van der Waals surface area contributed by atoms with E-state index in [4.69, 9.17) is 13.9 Å². The van der Waals surface area contributed by atoms with E-state index in [1.165, 1.54) is 6.21 Å². The summed E-state index contributed by atoms with van der Waals surface area (Å²) in [5.74, 6) is 0.992. The second-order valence-corrected chi connectivity index (χ2v) is 4.69. The molecule has 0 aliphatic carbocycles. The molecule has 2 aromatic rings. The largest absolute Gasteiger partial charge is 0.497 e. The molecule has 0 atom stereocenters. The van der Waals surface area contributed by atoms with Gasteiger partial charge in [-0.25, -0.2) is 5.43 Å². The molecule has 1 heterocycles. The van der Waals surface area contributed by atoms with E-state index < -0.39 is 5.91 Å². The molecule has 1 aromatic carbocycles. The summed E-state index contributed by atoms with van der Waals surface area (Å²) in [6.45, 7) is 0. The van der Waals surface area contributed by atoms with Gasteiger partial charge in [-0.1, -0.05) is 0 Å². The fraction of sp³-hybridized carbons (Fsp3) is 0.143. The Labute approximate surface area is 129 Å². The van der Waals surface area contributed by atoms with Crippen LogP contribution in [-0.4, -0.2) is 26.3 Å². The van der Waals surface area contributed by atoms with Gasteiger partial charge in [0.05, 0.1) is 20.4 Å². The quantitative estimate of drug-likeness (QED) is 0.663. The lowest BCUT2D eigenvalue weighted by Crippen LogP contribution is -2.16. The van der Waals surface area contributed by atoms with E-state index in [9.17, 15) is 4.79 Å². The summed E-state index contributed by atoms with van der Waals surface area (Å²) in [5.41, 5.74) is 3.08. The van der Waals surface area contributed by atoms with Crippen molar-refractivity contribution in [1.29, 1.82) is 0 Å².